The van der Waals surface area contributed by atoms with E-state index in [1.54, 1.807) is 0 Å². The first-order chi connectivity index (χ1) is 25.8. The maximum atomic E-state index is 7.37. The fourth-order valence-corrected chi connectivity index (χ4v) is 10.1. The third-order valence-electron chi connectivity index (χ3n) is 12.0. The van der Waals surface area contributed by atoms with Crippen molar-refractivity contribution in [3.63, 3.8) is 0 Å². The Labute approximate surface area is 299 Å². The molecular formula is C49H27NO2. The average molecular weight is 662 g/mol. The van der Waals surface area contributed by atoms with Crippen LogP contribution in [0.3, 0.4) is 0 Å². The predicted octanol–water partition coefficient (Wildman–Crippen LogP) is 13.1. The third-order valence-corrected chi connectivity index (χ3v) is 12.0. The summed E-state index contributed by atoms with van der Waals surface area (Å²) < 4.78 is 13.8. The van der Waals surface area contributed by atoms with Crippen molar-refractivity contribution >= 4 is 61.9 Å². The molecule has 1 aliphatic heterocycles. The molecule has 8 aromatic carbocycles. The molecule has 0 saturated heterocycles. The highest BCUT2D eigenvalue weighted by Gasteiger charge is 2.51. The Kier molecular flexibility index (Phi) is 4.81. The lowest BCUT2D eigenvalue weighted by atomic mass is 9.61. The largest absolute Gasteiger partial charge is 0.453 e. The van der Waals surface area contributed by atoms with Crippen molar-refractivity contribution in [1.82, 2.24) is 0 Å². The van der Waals surface area contributed by atoms with Gasteiger partial charge in [-0.15, -0.1) is 0 Å². The van der Waals surface area contributed by atoms with E-state index in [1.165, 1.54) is 66.4 Å². The topological polar surface area (TPSA) is 25.6 Å². The van der Waals surface area contributed by atoms with E-state index in [0.717, 1.165) is 50.5 Å². The van der Waals surface area contributed by atoms with Crippen LogP contribution in [0, 0.1) is 0 Å². The van der Waals surface area contributed by atoms with Crippen LogP contribution in [0.1, 0.15) is 33.4 Å². The molecule has 0 amide bonds. The number of hydrogen-bond acceptors (Lipinski definition) is 3. The van der Waals surface area contributed by atoms with Gasteiger partial charge in [-0.25, -0.2) is 0 Å². The number of nitrogens with zero attached hydrogens (tertiary/aromatic N) is 1. The van der Waals surface area contributed by atoms with Crippen molar-refractivity contribution in [2.45, 2.75) is 5.41 Å². The lowest BCUT2D eigenvalue weighted by molar-refractivity contribution is 0.477. The van der Waals surface area contributed by atoms with Crippen LogP contribution in [0.2, 0.25) is 0 Å². The van der Waals surface area contributed by atoms with Gasteiger partial charge in [-0.05, 0) is 91.2 Å². The third kappa shape index (κ3) is 3.03. The minimum atomic E-state index is -0.507. The molecule has 1 spiro atoms. The Morgan fingerprint density at radius 3 is 1.73 bits per heavy atom. The van der Waals surface area contributed by atoms with Crippen molar-refractivity contribution in [2.24, 2.45) is 0 Å². The second-order valence-electron chi connectivity index (χ2n) is 14.3. The number of fused-ring (bicyclic) bond motifs is 15. The lowest BCUT2D eigenvalue weighted by Crippen LogP contribution is -2.32. The first-order valence-electron chi connectivity index (χ1n) is 17.9. The number of rotatable bonds is 1. The Morgan fingerprint density at radius 1 is 0.404 bits per heavy atom. The summed E-state index contributed by atoms with van der Waals surface area (Å²) in [6.45, 7) is 0. The normalized spacial score (nSPS) is 14.7. The van der Waals surface area contributed by atoms with Crippen molar-refractivity contribution < 1.29 is 9.15 Å². The van der Waals surface area contributed by atoms with Gasteiger partial charge < -0.3 is 9.15 Å². The van der Waals surface area contributed by atoms with Crippen LogP contribution in [0.15, 0.2) is 156 Å². The van der Waals surface area contributed by atoms with Crippen LogP contribution < -0.4 is 9.64 Å². The summed E-state index contributed by atoms with van der Waals surface area (Å²) >= 11 is 0. The molecule has 2 heterocycles. The second-order valence-corrected chi connectivity index (χ2v) is 14.3. The molecule has 3 heteroatoms. The molecular weight excluding hydrogens is 635 g/mol. The molecule has 13 rings (SSSR count). The van der Waals surface area contributed by atoms with E-state index in [9.17, 15) is 0 Å². The number of furan rings is 1. The molecule has 0 radical (unpaired) electrons. The standard InChI is InChI=1S/C49H27NO2/c1-3-13-35-30(10-1)31-11-2-4-14-36(31)49(35)37-26-23-29-21-20-28-22-24-34(45(37)44(28)29)46-38(49)27-25-33-32-12-9-17-41(47(32)52-48(33)46)50-39-15-5-7-18-42(39)51-43-19-8-6-16-40(43)50/h1-27H. The Morgan fingerprint density at radius 2 is 1.00 bits per heavy atom. The minimum Gasteiger partial charge on any atom is -0.453 e. The zero-order valence-electron chi connectivity index (χ0n) is 27.9. The zero-order chi connectivity index (χ0) is 33.7. The zero-order valence-corrected chi connectivity index (χ0v) is 27.9. The van der Waals surface area contributed by atoms with Crippen LogP contribution in [-0.4, -0.2) is 0 Å². The number of hydrogen-bond donors (Lipinski definition) is 0. The van der Waals surface area contributed by atoms with E-state index in [2.05, 4.69) is 144 Å². The van der Waals surface area contributed by atoms with E-state index in [1.807, 2.05) is 24.3 Å². The number of ether oxygens (including phenoxy) is 1. The van der Waals surface area contributed by atoms with Crippen molar-refractivity contribution in [3.05, 3.63) is 185 Å². The van der Waals surface area contributed by atoms with Crippen LogP contribution in [0.25, 0.3) is 67.1 Å². The summed E-state index contributed by atoms with van der Waals surface area (Å²) in [5.74, 6) is 1.64. The summed E-state index contributed by atoms with van der Waals surface area (Å²) in [4.78, 5) is 2.29. The molecule has 52 heavy (non-hydrogen) atoms. The Balaban J connectivity index is 1.19. The Bertz CT molecular complexity index is 3020. The first kappa shape index (κ1) is 27.0. The number of para-hydroxylation sites is 5. The summed E-state index contributed by atoms with van der Waals surface area (Å²) in [6.07, 6.45) is 4.53. The highest BCUT2D eigenvalue weighted by molar-refractivity contribution is 6.21. The van der Waals surface area contributed by atoms with Gasteiger partial charge in [0, 0.05) is 16.3 Å². The van der Waals surface area contributed by atoms with Gasteiger partial charge in [0.15, 0.2) is 17.1 Å². The van der Waals surface area contributed by atoms with E-state index < -0.39 is 5.41 Å². The van der Waals surface area contributed by atoms with Crippen LogP contribution >= 0.6 is 0 Å². The van der Waals surface area contributed by atoms with Gasteiger partial charge in [0.25, 0.3) is 0 Å². The SMILES string of the molecule is C1=Cc2ccc3c4c(ccc1c24)-c1c(ccc2c1oc1c(N4c5ccccc5Oc5ccccc54)cccc12)C31c2ccccc2-c2ccccc21. The van der Waals surface area contributed by atoms with Crippen molar-refractivity contribution in [1.29, 1.82) is 0 Å². The maximum Gasteiger partial charge on any atom is 0.159 e. The van der Waals surface area contributed by atoms with Gasteiger partial charge >= 0.3 is 0 Å². The Hall–Kier alpha value is -6.84. The molecule has 240 valence electrons. The molecule has 9 aromatic rings. The van der Waals surface area contributed by atoms with Gasteiger partial charge in [-0.3, -0.25) is 4.90 Å². The molecule has 0 unspecified atom stereocenters. The predicted molar refractivity (Wildman–Crippen MR) is 211 cm³/mol. The lowest BCUT2D eigenvalue weighted by Gasteiger charge is -2.40. The molecule has 0 bridgehead atoms. The maximum absolute atomic E-state index is 7.37. The van der Waals surface area contributed by atoms with Crippen LogP contribution in [0.4, 0.5) is 17.1 Å². The summed E-state index contributed by atoms with van der Waals surface area (Å²) in [6, 6.07) is 55.1. The first-order valence-corrected chi connectivity index (χ1v) is 17.9. The molecule has 4 aliphatic rings. The van der Waals surface area contributed by atoms with E-state index in [4.69, 9.17) is 9.15 Å². The number of anilines is 3. The fourth-order valence-electron chi connectivity index (χ4n) is 10.1. The van der Waals surface area contributed by atoms with Crippen LogP contribution in [0.5, 0.6) is 11.5 Å². The smallest absolute Gasteiger partial charge is 0.159 e. The average Bonchev–Trinajstić information content (AvgIpc) is 3.89. The van der Waals surface area contributed by atoms with Crippen molar-refractivity contribution in [2.75, 3.05) is 4.90 Å². The molecule has 3 aliphatic carbocycles. The summed E-state index contributed by atoms with van der Waals surface area (Å²) in [5.41, 5.74) is 17.0. The quantitative estimate of drug-likeness (QED) is 0.175. The van der Waals surface area contributed by atoms with Gasteiger partial charge in [0.05, 0.1) is 22.5 Å². The minimum absolute atomic E-state index is 0.507. The summed E-state index contributed by atoms with van der Waals surface area (Å²) in [5, 5.41) is 4.86. The van der Waals surface area contributed by atoms with Gasteiger partial charge in [-0.1, -0.05) is 133 Å². The molecule has 3 nitrogen and oxygen atoms in total. The monoisotopic (exact) mass is 661 g/mol. The van der Waals surface area contributed by atoms with Crippen molar-refractivity contribution in [3.8, 4) is 33.8 Å². The van der Waals surface area contributed by atoms with E-state index in [0.29, 0.717) is 0 Å². The van der Waals surface area contributed by atoms with Crippen LogP contribution in [-0.2, 0) is 5.41 Å². The second kappa shape index (κ2) is 9.28. The molecule has 0 N–H and O–H groups in total. The molecule has 0 saturated carbocycles. The molecule has 1 aromatic heterocycles. The highest BCUT2D eigenvalue weighted by atomic mass is 16.5. The molecule has 0 fully saturated rings. The van der Waals surface area contributed by atoms with E-state index in [-0.39, 0.29) is 0 Å². The number of benzene rings is 8. The fraction of sp³-hybridized carbons (Fsp3) is 0.0204. The molecule has 0 atom stereocenters. The van der Waals surface area contributed by atoms with E-state index >= 15 is 0 Å². The summed E-state index contributed by atoms with van der Waals surface area (Å²) in [7, 11) is 0. The van der Waals surface area contributed by atoms with Gasteiger partial charge in [-0.2, -0.15) is 0 Å². The van der Waals surface area contributed by atoms with Gasteiger partial charge in [0.1, 0.15) is 5.58 Å². The highest BCUT2D eigenvalue weighted by Crippen LogP contribution is 2.64. The van der Waals surface area contributed by atoms with Gasteiger partial charge in [0.2, 0.25) is 0 Å².